The Morgan fingerprint density at radius 3 is 1.19 bits per heavy atom. The molecule has 0 fully saturated rings. The number of carbonyl (C=O) groups is 2. The van der Waals surface area contributed by atoms with Gasteiger partial charge in [0.15, 0.2) is 0 Å². The van der Waals surface area contributed by atoms with E-state index in [0.29, 0.717) is 6.54 Å². The van der Waals surface area contributed by atoms with Gasteiger partial charge in [-0.2, -0.15) is 0 Å². The summed E-state index contributed by atoms with van der Waals surface area (Å²) < 4.78 is 0. The van der Waals surface area contributed by atoms with E-state index in [2.05, 4.69) is 35.1 Å². The Bertz CT molecular complexity index is 379. The van der Waals surface area contributed by atoms with Crippen molar-refractivity contribution in [2.45, 2.75) is 124 Å². The first-order valence-electron chi connectivity index (χ1n) is 13.1. The van der Waals surface area contributed by atoms with Gasteiger partial charge in [0.05, 0.1) is 0 Å². The van der Waals surface area contributed by atoms with Crippen LogP contribution < -0.4 is 21.3 Å². The number of amides is 4. The largest absolute Gasteiger partial charge is 0.341 e. The van der Waals surface area contributed by atoms with Crippen molar-refractivity contribution >= 4 is 12.1 Å². The summed E-state index contributed by atoms with van der Waals surface area (Å²) in [6.45, 7) is 8.71. The fourth-order valence-corrected chi connectivity index (χ4v) is 3.23. The van der Waals surface area contributed by atoms with Gasteiger partial charge in [0, 0.05) is 26.7 Å². The highest BCUT2D eigenvalue weighted by Gasteiger charge is 1.96. The van der Waals surface area contributed by atoms with Crippen LogP contribution in [-0.2, 0) is 0 Å². The molecule has 0 heterocycles. The molecule has 0 radical (unpaired) electrons. The van der Waals surface area contributed by atoms with Crippen LogP contribution in [0.5, 0.6) is 0 Å². The highest BCUT2D eigenvalue weighted by molar-refractivity contribution is 5.73. The van der Waals surface area contributed by atoms with Gasteiger partial charge in [-0.25, -0.2) is 9.59 Å². The second-order valence-corrected chi connectivity index (χ2v) is 8.24. The smallest absolute Gasteiger partial charge is 0.314 e. The van der Waals surface area contributed by atoms with E-state index in [9.17, 15) is 9.59 Å². The molecule has 0 aromatic carbocycles. The van der Waals surface area contributed by atoms with Crippen LogP contribution in [0.2, 0.25) is 0 Å². The summed E-state index contributed by atoms with van der Waals surface area (Å²) in [7, 11) is 1.64. The number of urea groups is 2. The van der Waals surface area contributed by atoms with Gasteiger partial charge in [-0.3, -0.25) is 0 Å². The first kappa shape index (κ1) is 31.7. The molecule has 0 saturated heterocycles. The van der Waals surface area contributed by atoms with Gasteiger partial charge < -0.3 is 21.3 Å². The molecule has 0 spiro atoms. The Balaban J connectivity index is 0. The van der Waals surface area contributed by atoms with E-state index in [1.807, 2.05) is 6.92 Å². The average Bonchev–Trinajstić information content (AvgIpc) is 2.77. The zero-order valence-corrected chi connectivity index (χ0v) is 21.3. The van der Waals surface area contributed by atoms with Crippen molar-refractivity contribution in [3.63, 3.8) is 0 Å². The van der Waals surface area contributed by atoms with Gasteiger partial charge in [0.25, 0.3) is 0 Å². The first-order chi connectivity index (χ1) is 15.1. The molecule has 0 aromatic rings. The van der Waals surface area contributed by atoms with Gasteiger partial charge in [-0.1, -0.05) is 104 Å². The minimum Gasteiger partial charge on any atom is -0.341 e. The predicted octanol–water partition coefficient (Wildman–Crippen LogP) is 6.50. The van der Waals surface area contributed by atoms with Crippen LogP contribution in [0.15, 0.2) is 0 Å². The van der Waals surface area contributed by atoms with E-state index in [1.54, 1.807) is 7.05 Å². The SMILES string of the molecule is CCCCCCCCCCNC(=O)NC.CCCCCCCCCCNC(=O)NCC. The number of unbranched alkanes of at least 4 members (excludes halogenated alkanes) is 14. The summed E-state index contributed by atoms with van der Waals surface area (Å²) in [5.74, 6) is 0. The molecule has 6 nitrogen and oxygen atoms in total. The highest BCUT2D eigenvalue weighted by atomic mass is 16.2. The molecule has 0 unspecified atom stereocenters. The van der Waals surface area contributed by atoms with Crippen LogP contribution in [0.3, 0.4) is 0 Å². The summed E-state index contributed by atoms with van der Waals surface area (Å²) >= 11 is 0. The van der Waals surface area contributed by atoms with Crippen molar-refractivity contribution in [2.24, 2.45) is 0 Å². The van der Waals surface area contributed by atoms with Crippen LogP contribution >= 0.6 is 0 Å². The zero-order valence-electron chi connectivity index (χ0n) is 21.3. The van der Waals surface area contributed by atoms with E-state index < -0.39 is 0 Å². The van der Waals surface area contributed by atoms with Crippen LogP contribution in [0.1, 0.15) is 124 Å². The average molecular weight is 443 g/mol. The fourth-order valence-electron chi connectivity index (χ4n) is 3.23. The molecule has 186 valence electrons. The maximum Gasteiger partial charge on any atom is 0.314 e. The molecule has 0 rings (SSSR count). The molecular weight excluding hydrogens is 388 g/mol. The minimum absolute atomic E-state index is 0.0366. The molecule has 31 heavy (non-hydrogen) atoms. The minimum atomic E-state index is -0.0713. The van der Waals surface area contributed by atoms with Crippen LogP contribution in [0, 0.1) is 0 Å². The van der Waals surface area contributed by atoms with E-state index in [1.165, 1.54) is 89.9 Å². The number of carbonyl (C=O) groups excluding carboxylic acids is 2. The molecule has 4 N–H and O–H groups in total. The molecule has 0 bridgehead atoms. The van der Waals surface area contributed by atoms with E-state index in [-0.39, 0.29) is 12.1 Å². The normalized spacial score (nSPS) is 10.1. The summed E-state index contributed by atoms with van der Waals surface area (Å²) in [5, 5.41) is 10.9. The van der Waals surface area contributed by atoms with Crippen LogP contribution in [-0.4, -0.2) is 38.7 Å². The van der Waals surface area contributed by atoms with E-state index >= 15 is 0 Å². The Labute approximate surface area is 193 Å². The fraction of sp³-hybridized carbons (Fsp3) is 0.920. The van der Waals surface area contributed by atoms with Crippen LogP contribution in [0.25, 0.3) is 0 Å². The van der Waals surface area contributed by atoms with Gasteiger partial charge in [-0.15, -0.1) is 0 Å². The van der Waals surface area contributed by atoms with Crippen molar-refractivity contribution in [3.8, 4) is 0 Å². The van der Waals surface area contributed by atoms with E-state index in [4.69, 9.17) is 0 Å². The Morgan fingerprint density at radius 1 is 0.484 bits per heavy atom. The lowest BCUT2D eigenvalue weighted by Gasteiger charge is -2.05. The summed E-state index contributed by atoms with van der Waals surface area (Å²) in [6, 6.07) is -0.108. The third-order valence-corrected chi connectivity index (χ3v) is 5.20. The Morgan fingerprint density at radius 2 is 0.839 bits per heavy atom. The van der Waals surface area contributed by atoms with Crippen molar-refractivity contribution in [3.05, 3.63) is 0 Å². The lowest BCUT2D eigenvalue weighted by molar-refractivity contribution is 0.241. The maximum absolute atomic E-state index is 11.0. The van der Waals surface area contributed by atoms with E-state index in [0.717, 1.165) is 25.9 Å². The summed E-state index contributed by atoms with van der Waals surface area (Å²) in [4.78, 5) is 21.8. The van der Waals surface area contributed by atoms with Crippen molar-refractivity contribution < 1.29 is 9.59 Å². The first-order valence-corrected chi connectivity index (χ1v) is 13.1. The number of hydrogen-bond acceptors (Lipinski definition) is 2. The number of nitrogens with one attached hydrogen (secondary N) is 4. The molecule has 0 aliphatic rings. The predicted molar refractivity (Wildman–Crippen MR) is 135 cm³/mol. The van der Waals surface area contributed by atoms with Crippen LogP contribution in [0.4, 0.5) is 9.59 Å². The van der Waals surface area contributed by atoms with Crippen molar-refractivity contribution in [2.75, 3.05) is 26.7 Å². The second kappa shape index (κ2) is 28.5. The molecule has 0 atom stereocenters. The molecule has 6 heteroatoms. The monoisotopic (exact) mass is 442 g/mol. The maximum atomic E-state index is 11.0. The third-order valence-electron chi connectivity index (χ3n) is 5.20. The lowest BCUT2D eigenvalue weighted by Crippen LogP contribution is -2.35. The lowest BCUT2D eigenvalue weighted by atomic mass is 10.1. The standard InChI is InChI=1S/C13H28N2O.C12H26N2O/c1-3-5-6-7-8-9-10-11-12-15-13(16)14-4-2;1-3-4-5-6-7-8-9-10-11-14-12(15)13-2/h3-12H2,1-2H3,(H2,14,15,16);3-11H2,1-2H3,(H2,13,14,15). The second-order valence-electron chi connectivity index (χ2n) is 8.24. The van der Waals surface area contributed by atoms with Gasteiger partial charge >= 0.3 is 12.1 Å². The third kappa shape index (κ3) is 30.8. The Hall–Kier alpha value is -1.46. The Kier molecular flexibility index (Phi) is 29.2. The van der Waals surface area contributed by atoms with Crippen molar-refractivity contribution in [1.82, 2.24) is 21.3 Å². The molecule has 0 aromatic heterocycles. The quantitative estimate of drug-likeness (QED) is 0.172. The van der Waals surface area contributed by atoms with Gasteiger partial charge in [0.1, 0.15) is 0 Å². The number of hydrogen-bond donors (Lipinski definition) is 4. The molecule has 0 aliphatic heterocycles. The zero-order chi connectivity index (χ0) is 23.4. The molecule has 0 saturated carbocycles. The number of rotatable bonds is 19. The van der Waals surface area contributed by atoms with Crippen molar-refractivity contribution in [1.29, 1.82) is 0 Å². The summed E-state index contributed by atoms with van der Waals surface area (Å²) in [6.07, 6.45) is 20.9. The van der Waals surface area contributed by atoms with Gasteiger partial charge in [-0.05, 0) is 19.8 Å². The molecule has 4 amide bonds. The van der Waals surface area contributed by atoms with Gasteiger partial charge in [0.2, 0.25) is 0 Å². The topological polar surface area (TPSA) is 82.3 Å². The summed E-state index contributed by atoms with van der Waals surface area (Å²) in [5.41, 5.74) is 0. The molecule has 0 aliphatic carbocycles. The highest BCUT2D eigenvalue weighted by Crippen LogP contribution is 2.08. The molecular formula is C25H54N4O2.